The molecule has 0 aliphatic rings. The first kappa shape index (κ1) is 10.5. The van der Waals surface area contributed by atoms with Crippen molar-refractivity contribution in [2.45, 2.75) is 20.4 Å². The van der Waals surface area contributed by atoms with Gasteiger partial charge in [-0.15, -0.1) is 0 Å². The molecule has 1 N–H and O–H groups in total. The Morgan fingerprint density at radius 3 is 3.00 bits per heavy atom. The number of aryl methyl sites for hydroxylation is 1. The van der Waals surface area contributed by atoms with Crippen LogP contribution >= 0.6 is 11.6 Å². The average Bonchev–Trinajstić information content (AvgIpc) is 2.57. The Labute approximate surface area is 93.4 Å². The van der Waals surface area contributed by atoms with Crippen LogP contribution in [0.2, 0.25) is 5.02 Å². The van der Waals surface area contributed by atoms with Gasteiger partial charge in [-0.05, 0) is 31.2 Å². The molecule has 0 spiro atoms. The minimum absolute atomic E-state index is 0.655. The highest BCUT2D eigenvalue weighted by atomic mass is 35.5. The van der Waals surface area contributed by atoms with E-state index in [2.05, 4.69) is 10.3 Å². The molecule has 1 aromatic heterocycles. The molecule has 15 heavy (non-hydrogen) atoms. The summed E-state index contributed by atoms with van der Waals surface area (Å²) in [7, 11) is 0. The van der Waals surface area contributed by atoms with E-state index in [9.17, 15) is 0 Å². The van der Waals surface area contributed by atoms with Gasteiger partial charge in [0.25, 0.3) is 0 Å². The van der Waals surface area contributed by atoms with Crippen molar-refractivity contribution in [3.05, 3.63) is 28.6 Å². The summed E-state index contributed by atoms with van der Waals surface area (Å²) < 4.78 is 5.62. The standard InChI is InChI=1S/C11H13ClN2O/c1-3-13-6-10-14-9-5-8(12)4-7(2)11(9)15-10/h4-5,13H,3,6H2,1-2H3. The molecule has 4 heteroatoms. The fraction of sp³-hybridized carbons (Fsp3) is 0.364. The summed E-state index contributed by atoms with van der Waals surface area (Å²) in [5.41, 5.74) is 2.67. The molecule has 3 nitrogen and oxygen atoms in total. The van der Waals surface area contributed by atoms with Crippen molar-refractivity contribution in [2.24, 2.45) is 0 Å². The predicted molar refractivity (Wildman–Crippen MR) is 61.1 cm³/mol. The number of nitrogens with zero attached hydrogens (tertiary/aromatic N) is 1. The van der Waals surface area contributed by atoms with Gasteiger partial charge in [-0.3, -0.25) is 0 Å². The fourth-order valence-corrected chi connectivity index (χ4v) is 1.78. The second-order valence-electron chi connectivity index (χ2n) is 3.46. The topological polar surface area (TPSA) is 38.1 Å². The maximum Gasteiger partial charge on any atom is 0.209 e. The van der Waals surface area contributed by atoms with Crippen molar-refractivity contribution in [3.8, 4) is 0 Å². The Bertz CT molecular complexity index is 479. The van der Waals surface area contributed by atoms with E-state index in [1.807, 2.05) is 26.0 Å². The number of benzene rings is 1. The second-order valence-corrected chi connectivity index (χ2v) is 3.90. The minimum Gasteiger partial charge on any atom is -0.439 e. The Morgan fingerprint density at radius 2 is 2.27 bits per heavy atom. The number of fused-ring (bicyclic) bond motifs is 1. The van der Waals surface area contributed by atoms with Crippen molar-refractivity contribution >= 4 is 22.7 Å². The second kappa shape index (κ2) is 4.21. The lowest BCUT2D eigenvalue weighted by Crippen LogP contribution is -2.11. The first-order valence-corrected chi connectivity index (χ1v) is 5.34. The molecule has 0 radical (unpaired) electrons. The van der Waals surface area contributed by atoms with Crippen LogP contribution < -0.4 is 5.32 Å². The Kier molecular flexibility index (Phi) is 2.93. The molecule has 2 aromatic rings. The van der Waals surface area contributed by atoms with Gasteiger partial charge in [0, 0.05) is 5.02 Å². The van der Waals surface area contributed by atoms with Gasteiger partial charge in [0.15, 0.2) is 5.58 Å². The van der Waals surface area contributed by atoms with E-state index < -0.39 is 0 Å². The third-order valence-electron chi connectivity index (χ3n) is 2.21. The minimum atomic E-state index is 0.655. The molecule has 0 unspecified atom stereocenters. The van der Waals surface area contributed by atoms with Crippen LogP contribution in [0.4, 0.5) is 0 Å². The molecule has 0 amide bonds. The lowest BCUT2D eigenvalue weighted by molar-refractivity contribution is 0.500. The van der Waals surface area contributed by atoms with Gasteiger partial charge in [-0.1, -0.05) is 18.5 Å². The first-order valence-electron chi connectivity index (χ1n) is 4.97. The summed E-state index contributed by atoms with van der Waals surface area (Å²) >= 11 is 5.94. The van der Waals surface area contributed by atoms with E-state index in [1.54, 1.807) is 0 Å². The number of hydrogen-bond donors (Lipinski definition) is 1. The molecule has 80 valence electrons. The van der Waals surface area contributed by atoms with E-state index >= 15 is 0 Å². The van der Waals surface area contributed by atoms with Gasteiger partial charge in [0.1, 0.15) is 5.52 Å². The van der Waals surface area contributed by atoms with Crippen LogP contribution in [0.5, 0.6) is 0 Å². The van der Waals surface area contributed by atoms with Crippen LogP contribution in [0.25, 0.3) is 11.1 Å². The summed E-state index contributed by atoms with van der Waals surface area (Å²) in [6.45, 7) is 5.57. The Hall–Kier alpha value is -1.06. The monoisotopic (exact) mass is 224 g/mol. The summed E-state index contributed by atoms with van der Waals surface area (Å²) in [5, 5.41) is 3.87. The van der Waals surface area contributed by atoms with Crippen LogP contribution in [0.1, 0.15) is 18.4 Å². The van der Waals surface area contributed by atoms with Crippen molar-refractivity contribution in [2.75, 3.05) is 6.54 Å². The Morgan fingerprint density at radius 1 is 1.47 bits per heavy atom. The highest BCUT2D eigenvalue weighted by Gasteiger charge is 2.08. The summed E-state index contributed by atoms with van der Waals surface area (Å²) in [6.07, 6.45) is 0. The molecule has 0 aliphatic carbocycles. The molecule has 0 saturated carbocycles. The molecule has 0 fully saturated rings. The summed E-state index contributed by atoms with van der Waals surface area (Å²) in [6, 6.07) is 3.70. The first-order chi connectivity index (χ1) is 7.20. The predicted octanol–water partition coefficient (Wildman–Crippen LogP) is 2.90. The highest BCUT2D eigenvalue weighted by molar-refractivity contribution is 6.31. The number of halogens is 1. The summed E-state index contributed by atoms with van der Waals surface area (Å²) in [4.78, 5) is 4.36. The highest BCUT2D eigenvalue weighted by Crippen LogP contribution is 2.23. The maximum absolute atomic E-state index is 5.94. The molecule has 1 aromatic carbocycles. The zero-order chi connectivity index (χ0) is 10.8. The number of rotatable bonds is 3. The quantitative estimate of drug-likeness (QED) is 0.871. The van der Waals surface area contributed by atoms with Gasteiger partial charge in [-0.2, -0.15) is 0 Å². The number of aromatic nitrogens is 1. The maximum atomic E-state index is 5.94. The zero-order valence-corrected chi connectivity index (χ0v) is 9.56. The lowest BCUT2D eigenvalue weighted by Gasteiger charge is -1.94. The summed E-state index contributed by atoms with van der Waals surface area (Å²) in [5.74, 6) is 0.706. The Balaban J connectivity index is 2.41. The van der Waals surface area contributed by atoms with E-state index in [-0.39, 0.29) is 0 Å². The van der Waals surface area contributed by atoms with Crippen LogP contribution in [0, 0.1) is 6.92 Å². The van der Waals surface area contributed by atoms with E-state index in [1.165, 1.54) is 0 Å². The molecule has 0 atom stereocenters. The SMILES string of the molecule is CCNCc1nc2cc(Cl)cc(C)c2o1. The van der Waals surface area contributed by atoms with Crippen LogP contribution in [0.15, 0.2) is 16.5 Å². The molecule has 0 bridgehead atoms. The van der Waals surface area contributed by atoms with E-state index in [0.717, 1.165) is 23.2 Å². The largest absolute Gasteiger partial charge is 0.439 e. The van der Waals surface area contributed by atoms with Crippen molar-refractivity contribution in [1.29, 1.82) is 0 Å². The molecule has 1 heterocycles. The molecule has 2 rings (SSSR count). The molecule has 0 aliphatic heterocycles. The molecule has 0 saturated heterocycles. The van der Waals surface area contributed by atoms with Crippen LogP contribution in [-0.2, 0) is 6.54 Å². The fourth-order valence-electron chi connectivity index (χ4n) is 1.51. The third kappa shape index (κ3) is 2.13. The van der Waals surface area contributed by atoms with Gasteiger partial charge >= 0.3 is 0 Å². The van der Waals surface area contributed by atoms with Crippen LogP contribution in [0.3, 0.4) is 0 Å². The van der Waals surface area contributed by atoms with Gasteiger partial charge in [0.2, 0.25) is 5.89 Å². The van der Waals surface area contributed by atoms with Crippen molar-refractivity contribution < 1.29 is 4.42 Å². The number of nitrogens with one attached hydrogen (secondary N) is 1. The zero-order valence-electron chi connectivity index (χ0n) is 8.80. The van der Waals surface area contributed by atoms with Gasteiger partial charge < -0.3 is 9.73 Å². The van der Waals surface area contributed by atoms with Gasteiger partial charge in [-0.25, -0.2) is 4.98 Å². The van der Waals surface area contributed by atoms with Crippen LogP contribution in [-0.4, -0.2) is 11.5 Å². The number of oxazole rings is 1. The van der Waals surface area contributed by atoms with Crippen molar-refractivity contribution in [3.63, 3.8) is 0 Å². The van der Waals surface area contributed by atoms with E-state index in [0.29, 0.717) is 17.5 Å². The molecular formula is C11H13ClN2O. The third-order valence-corrected chi connectivity index (χ3v) is 2.43. The van der Waals surface area contributed by atoms with Crippen molar-refractivity contribution in [1.82, 2.24) is 10.3 Å². The number of hydrogen-bond acceptors (Lipinski definition) is 3. The molecular weight excluding hydrogens is 212 g/mol. The van der Waals surface area contributed by atoms with Gasteiger partial charge in [0.05, 0.1) is 6.54 Å². The lowest BCUT2D eigenvalue weighted by atomic mass is 10.2. The normalized spacial score (nSPS) is 11.1. The van der Waals surface area contributed by atoms with E-state index in [4.69, 9.17) is 16.0 Å². The smallest absolute Gasteiger partial charge is 0.209 e. The average molecular weight is 225 g/mol.